The summed E-state index contributed by atoms with van der Waals surface area (Å²) < 4.78 is 0. The van der Waals surface area contributed by atoms with Gasteiger partial charge in [-0.3, -0.25) is 4.79 Å². The Labute approximate surface area is 80.3 Å². The Kier molecular flexibility index (Phi) is 7.69. The van der Waals surface area contributed by atoms with Crippen LogP contribution in [0.3, 0.4) is 0 Å². The maximum Gasteiger partial charge on any atom is 0.246 e. The van der Waals surface area contributed by atoms with Crippen LogP contribution in [0, 0.1) is 0 Å². The van der Waals surface area contributed by atoms with Gasteiger partial charge in [0.1, 0.15) is 6.10 Å². The first-order valence-corrected chi connectivity index (χ1v) is 5.16. The molecular formula is C10H21NO2. The molecular weight excluding hydrogens is 166 g/mol. The summed E-state index contributed by atoms with van der Waals surface area (Å²) in [6.45, 7) is 2.18. The highest BCUT2D eigenvalue weighted by Gasteiger charge is 2.08. The lowest BCUT2D eigenvalue weighted by Gasteiger charge is -2.05. The smallest absolute Gasteiger partial charge is 0.246 e. The first kappa shape index (κ1) is 12.4. The van der Waals surface area contributed by atoms with Gasteiger partial charge in [-0.2, -0.15) is 0 Å². The van der Waals surface area contributed by atoms with Gasteiger partial charge in [0.25, 0.3) is 0 Å². The number of aliphatic hydroxyl groups excluding tert-OH is 1. The minimum Gasteiger partial charge on any atom is -0.383 e. The molecule has 0 spiro atoms. The van der Waals surface area contributed by atoms with Gasteiger partial charge in [-0.25, -0.2) is 0 Å². The van der Waals surface area contributed by atoms with E-state index in [9.17, 15) is 4.79 Å². The summed E-state index contributed by atoms with van der Waals surface area (Å²) in [5, 5.41) is 9.05. The molecule has 0 aromatic carbocycles. The zero-order chi connectivity index (χ0) is 10.1. The second kappa shape index (κ2) is 8.05. The van der Waals surface area contributed by atoms with Crippen LogP contribution in [0.5, 0.6) is 0 Å². The van der Waals surface area contributed by atoms with E-state index >= 15 is 0 Å². The van der Waals surface area contributed by atoms with Crippen molar-refractivity contribution in [2.45, 2.75) is 58.0 Å². The Morgan fingerprint density at radius 3 is 2.31 bits per heavy atom. The van der Waals surface area contributed by atoms with Crippen LogP contribution in [0.25, 0.3) is 0 Å². The van der Waals surface area contributed by atoms with Crippen LogP contribution in [-0.4, -0.2) is 17.1 Å². The van der Waals surface area contributed by atoms with Gasteiger partial charge < -0.3 is 10.8 Å². The predicted octanol–water partition coefficient (Wildman–Crippen LogP) is 1.58. The van der Waals surface area contributed by atoms with E-state index in [1.807, 2.05) is 0 Å². The van der Waals surface area contributed by atoms with E-state index in [1.54, 1.807) is 0 Å². The molecule has 1 unspecified atom stereocenters. The normalized spacial score (nSPS) is 12.8. The Balaban J connectivity index is 3.11. The van der Waals surface area contributed by atoms with Crippen molar-refractivity contribution < 1.29 is 9.90 Å². The van der Waals surface area contributed by atoms with Gasteiger partial charge in [0.05, 0.1) is 0 Å². The van der Waals surface area contributed by atoms with Crippen LogP contribution in [0.1, 0.15) is 51.9 Å². The average molecular weight is 187 g/mol. The van der Waals surface area contributed by atoms with E-state index in [2.05, 4.69) is 6.92 Å². The number of amides is 1. The third kappa shape index (κ3) is 7.78. The topological polar surface area (TPSA) is 63.3 Å². The van der Waals surface area contributed by atoms with Crippen LogP contribution in [0.4, 0.5) is 0 Å². The highest BCUT2D eigenvalue weighted by atomic mass is 16.3. The number of aliphatic hydroxyl groups is 1. The molecule has 0 radical (unpaired) electrons. The van der Waals surface area contributed by atoms with Crippen molar-refractivity contribution in [2.24, 2.45) is 5.73 Å². The fourth-order valence-electron chi connectivity index (χ4n) is 1.26. The fourth-order valence-corrected chi connectivity index (χ4v) is 1.26. The van der Waals surface area contributed by atoms with Crippen molar-refractivity contribution in [3.05, 3.63) is 0 Å². The van der Waals surface area contributed by atoms with Crippen molar-refractivity contribution >= 4 is 5.91 Å². The summed E-state index contributed by atoms with van der Waals surface area (Å²) >= 11 is 0. The molecule has 0 rings (SSSR count). The van der Waals surface area contributed by atoms with Crippen LogP contribution < -0.4 is 5.73 Å². The number of nitrogens with two attached hydrogens (primary N) is 1. The number of carbonyl (C=O) groups is 1. The van der Waals surface area contributed by atoms with E-state index in [0.29, 0.717) is 6.42 Å². The van der Waals surface area contributed by atoms with Crippen LogP contribution >= 0.6 is 0 Å². The summed E-state index contributed by atoms with van der Waals surface area (Å²) in [4.78, 5) is 10.4. The number of primary amides is 1. The van der Waals surface area contributed by atoms with Crippen molar-refractivity contribution in [3.8, 4) is 0 Å². The number of hydrogen-bond acceptors (Lipinski definition) is 2. The fraction of sp³-hybridized carbons (Fsp3) is 0.900. The molecule has 78 valence electrons. The van der Waals surface area contributed by atoms with Crippen molar-refractivity contribution in [1.29, 1.82) is 0 Å². The van der Waals surface area contributed by atoms with E-state index in [4.69, 9.17) is 10.8 Å². The molecule has 0 saturated heterocycles. The molecule has 0 heterocycles. The first-order valence-electron chi connectivity index (χ1n) is 5.16. The van der Waals surface area contributed by atoms with Crippen molar-refractivity contribution in [1.82, 2.24) is 0 Å². The molecule has 13 heavy (non-hydrogen) atoms. The molecule has 0 aliphatic heterocycles. The quantitative estimate of drug-likeness (QED) is 0.567. The average Bonchev–Trinajstić information content (AvgIpc) is 2.10. The van der Waals surface area contributed by atoms with Crippen molar-refractivity contribution in [2.75, 3.05) is 0 Å². The number of carbonyl (C=O) groups excluding carboxylic acids is 1. The summed E-state index contributed by atoms with van der Waals surface area (Å²) in [5.41, 5.74) is 4.91. The largest absolute Gasteiger partial charge is 0.383 e. The maximum absolute atomic E-state index is 10.4. The third-order valence-corrected chi connectivity index (χ3v) is 2.16. The van der Waals surface area contributed by atoms with E-state index in [0.717, 1.165) is 12.8 Å². The van der Waals surface area contributed by atoms with Gasteiger partial charge in [0.2, 0.25) is 5.91 Å². The highest BCUT2D eigenvalue weighted by Crippen LogP contribution is 2.08. The van der Waals surface area contributed by atoms with Crippen LogP contribution in [-0.2, 0) is 4.79 Å². The van der Waals surface area contributed by atoms with Crippen LogP contribution in [0.2, 0.25) is 0 Å². The number of hydrogen-bond donors (Lipinski definition) is 2. The SMILES string of the molecule is CCCCCCCCC(O)C(N)=O. The molecule has 0 aliphatic carbocycles. The molecule has 0 fully saturated rings. The second-order valence-electron chi connectivity index (χ2n) is 3.47. The van der Waals surface area contributed by atoms with Gasteiger partial charge in [-0.1, -0.05) is 45.4 Å². The highest BCUT2D eigenvalue weighted by molar-refractivity contribution is 5.78. The third-order valence-electron chi connectivity index (χ3n) is 2.16. The number of rotatable bonds is 8. The van der Waals surface area contributed by atoms with Gasteiger partial charge >= 0.3 is 0 Å². The lowest BCUT2D eigenvalue weighted by atomic mass is 10.1. The van der Waals surface area contributed by atoms with Crippen molar-refractivity contribution in [3.63, 3.8) is 0 Å². The molecule has 0 aliphatic rings. The lowest BCUT2D eigenvalue weighted by molar-refractivity contribution is -0.126. The predicted molar refractivity (Wildman–Crippen MR) is 53.2 cm³/mol. The summed E-state index contributed by atoms with van der Waals surface area (Å²) in [6.07, 6.45) is 6.52. The molecule has 0 saturated carbocycles. The standard InChI is InChI=1S/C10H21NO2/c1-2-3-4-5-6-7-8-9(12)10(11)13/h9,12H,2-8H2,1H3,(H2,11,13). The zero-order valence-electron chi connectivity index (χ0n) is 8.46. The molecule has 1 amide bonds. The summed E-state index contributed by atoms with van der Waals surface area (Å²) in [5.74, 6) is -0.603. The minimum atomic E-state index is -0.939. The Hall–Kier alpha value is -0.570. The molecule has 3 nitrogen and oxygen atoms in total. The van der Waals surface area contributed by atoms with E-state index < -0.39 is 12.0 Å². The zero-order valence-corrected chi connectivity index (χ0v) is 8.46. The molecule has 0 aromatic heterocycles. The van der Waals surface area contributed by atoms with E-state index in [-0.39, 0.29) is 0 Å². The summed E-state index contributed by atoms with van der Waals surface area (Å²) in [6, 6.07) is 0. The number of unbranched alkanes of at least 4 members (excludes halogenated alkanes) is 5. The Morgan fingerprint density at radius 1 is 1.23 bits per heavy atom. The first-order chi connectivity index (χ1) is 6.18. The molecule has 0 aromatic rings. The van der Waals surface area contributed by atoms with Gasteiger partial charge in [-0.05, 0) is 6.42 Å². The maximum atomic E-state index is 10.4. The van der Waals surface area contributed by atoms with Gasteiger partial charge in [0, 0.05) is 0 Å². The lowest BCUT2D eigenvalue weighted by Crippen LogP contribution is -2.27. The minimum absolute atomic E-state index is 0.515. The molecule has 1 atom stereocenters. The van der Waals surface area contributed by atoms with E-state index in [1.165, 1.54) is 25.7 Å². The molecule has 3 heteroatoms. The van der Waals surface area contributed by atoms with Gasteiger partial charge in [0.15, 0.2) is 0 Å². The second-order valence-corrected chi connectivity index (χ2v) is 3.47. The Bertz CT molecular complexity index is 137. The van der Waals surface area contributed by atoms with Gasteiger partial charge in [-0.15, -0.1) is 0 Å². The molecule has 0 bridgehead atoms. The summed E-state index contributed by atoms with van der Waals surface area (Å²) in [7, 11) is 0. The Morgan fingerprint density at radius 2 is 1.77 bits per heavy atom. The molecule has 3 N–H and O–H groups in total. The monoisotopic (exact) mass is 187 g/mol. The van der Waals surface area contributed by atoms with Crippen LogP contribution in [0.15, 0.2) is 0 Å².